The highest BCUT2D eigenvalue weighted by Gasteiger charge is 2.53. The summed E-state index contributed by atoms with van der Waals surface area (Å²) >= 11 is 0. The summed E-state index contributed by atoms with van der Waals surface area (Å²) in [5, 5.41) is 9.90. The molecule has 0 amide bonds. The first-order valence-electron chi connectivity index (χ1n) is 6.31. The predicted octanol–water partition coefficient (Wildman–Crippen LogP) is 2.99. The van der Waals surface area contributed by atoms with Crippen LogP contribution >= 0.6 is 0 Å². The molecular formula is C13H26O2. The zero-order chi connectivity index (χ0) is 11.6. The maximum absolute atomic E-state index is 9.90. The van der Waals surface area contributed by atoms with Gasteiger partial charge in [0.25, 0.3) is 0 Å². The van der Waals surface area contributed by atoms with Crippen LogP contribution in [0.4, 0.5) is 0 Å². The number of hydrogen-bond donors (Lipinski definition) is 1. The van der Waals surface area contributed by atoms with Gasteiger partial charge in [0, 0.05) is 11.8 Å². The molecule has 1 fully saturated rings. The van der Waals surface area contributed by atoms with Gasteiger partial charge in [-0.15, -0.1) is 0 Å². The quantitative estimate of drug-likeness (QED) is 0.762. The van der Waals surface area contributed by atoms with Crippen LogP contribution in [0, 0.1) is 11.3 Å². The average molecular weight is 214 g/mol. The average Bonchev–Trinajstić information content (AvgIpc) is 2.18. The minimum atomic E-state index is -0.156. The van der Waals surface area contributed by atoms with Gasteiger partial charge in [0.2, 0.25) is 0 Å². The van der Waals surface area contributed by atoms with Crippen LogP contribution < -0.4 is 0 Å². The van der Waals surface area contributed by atoms with Gasteiger partial charge in [-0.05, 0) is 25.7 Å². The molecule has 0 radical (unpaired) electrons. The van der Waals surface area contributed by atoms with E-state index in [1.165, 1.54) is 0 Å². The molecule has 0 aromatic carbocycles. The molecule has 2 heteroatoms. The molecule has 1 saturated carbocycles. The van der Waals surface area contributed by atoms with Gasteiger partial charge in [0.05, 0.1) is 18.3 Å². The third kappa shape index (κ3) is 2.21. The van der Waals surface area contributed by atoms with Crippen LogP contribution in [-0.4, -0.2) is 23.4 Å². The zero-order valence-electron chi connectivity index (χ0n) is 10.8. The fourth-order valence-corrected chi connectivity index (χ4v) is 2.51. The third-order valence-electron chi connectivity index (χ3n) is 4.38. The molecule has 1 aliphatic carbocycles. The van der Waals surface area contributed by atoms with Gasteiger partial charge >= 0.3 is 0 Å². The lowest BCUT2D eigenvalue weighted by Crippen LogP contribution is -2.58. The van der Waals surface area contributed by atoms with Gasteiger partial charge in [0.1, 0.15) is 0 Å². The number of aliphatic hydroxyl groups is 1. The molecule has 0 heterocycles. The molecule has 0 aliphatic heterocycles. The summed E-state index contributed by atoms with van der Waals surface area (Å²) in [7, 11) is 0. The smallest absolute Gasteiger partial charge is 0.0684 e. The number of ether oxygens (including phenoxy) is 1. The third-order valence-corrected chi connectivity index (χ3v) is 4.38. The Labute approximate surface area is 94.0 Å². The van der Waals surface area contributed by atoms with Gasteiger partial charge < -0.3 is 9.84 Å². The second-order valence-electron chi connectivity index (χ2n) is 5.27. The Morgan fingerprint density at radius 1 is 1.27 bits per heavy atom. The molecule has 2 nitrogen and oxygen atoms in total. The van der Waals surface area contributed by atoms with Crippen LogP contribution in [-0.2, 0) is 4.74 Å². The predicted molar refractivity (Wildman–Crippen MR) is 62.8 cm³/mol. The maximum Gasteiger partial charge on any atom is 0.0684 e. The summed E-state index contributed by atoms with van der Waals surface area (Å²) in [6, 6.07) is 0. The van der Waals surface area contributed by atoms with Crippen molar-refractivity contribution in [3.63, 3.8) is 0 Å². The second kappa shape index (κ2) is 4.84. The standard InChI is InChI=1S/C13H26O2/c1-6-13(7-2)11(14)8-12(13)15-10(5)9(3)4/h9-12,14H,6-8H2,1-5H3. The molecule has 0 aromatic heterocycles. The fraction of sp³-hybridized carbons (Fsp3) is 1.00. The number of hydrogen-bond acceptors (Lipinski definition) is 2. The van der Waals surface area contributed by atoms with Crippen LogP contribution in [0.5, 0.6) is 0 Å². The fourth-order valence-electron chi connectivity index (χ4n) is 2.51. The monoisotopic (exact) mass is 214 g/mol. The van der Waals surface area contributed by atoms with E-state index in [0.717, 1.165) is 19.3 Å². The Hall–Kier alpha value is -0.0800. The normalized spacial score (nSPS) is 31.4. The van der Waals surface area contributed by atoms with Crippen molar-refractivity contribution in [2.24, 2.45) is 11.3 Å². The molecule has 1 rings (SSSR count). The summed E-state index contributed by atoms with van der Waals surface area (Å²) in [5.74, 6) is 0.550. The topological polar surface area (TPSA) is 29.5 Å². The number of rotatable bonds is 5. The Kier molecular flexibility index (Phi) is 4.19. The molecular weight excluding hydrogens is 188 g/mol. The molecule has 0 aromatic rings. The summed E-state index contributed by atoms with van der Waals surface area (Å²) in [4.78, 5) is 0. The Bertz CT molecular complexity index is 197. The molecule has 90 valence electrons. The van der Waals surface area contributed by atoms with E-state index >= 15 is 0 Å². The van der Waals surface area contributed by atoms with E-state index in [9.17, 15) is 5.11 Å². The summed E-state index contributed by atoms with van der Waals surface area (Å²) in [6.07, 6.45) is 3.25. The first-order chi connectivity index (χ1) is 6.97. The van der Waals surface area contributed by atoms with E-state index in [-0.39, 0.29) is 17.6 Å². The molecule has 15 heavy (non-hydrogen) atoms. The van der Waals surface area contributed by atoms with Crippen LogP contribution in [0.25, 0.3) is 0 Å². The van der Waals surface area contributed by atoms with Crippen molar-refractivity contribution in [1.29, 1.82) is 0 Å². The van der Waals surface area contributed by atoms with Gasteiger partial charge in [-0.3, -0.25) is 0 Å². The molecule has 1 aliphatic rings. The maximum atomic E-state index is 9.90. The molecule has 1 N–H and O–H groups in total. The van der Waals surface area contributed by atoms with E-state index < -0.39 is 0 Å². The SMILES string of the molecule is CCC1(CC)C(O)CC1OC(C)C(C)C. The van der Waals surface area contributed by atoms with Crippen LogP contribution in [0.15, 0.2) is 0 Å². The summed E-state index contributed by atoms with van der Waals surface area (Å²) < 4.78 is 6.06. The van der Waals surface area contributed by atoms with Crippen molar-refractivity contribution in [2.45, 2.75) is 72.2 Å². The van der Waals surface area contributed by atoms with E-state index in [2.05, 4.69) is 34.6 Å². The Morgan fingerprint density at radius 3 is 2.13 bits per heavy atom. The van der Waals surface area contributed by atoms with Crippen molar-refractivity contribution >= 4 is 0 Å². The molecule has 0 saturated heterocycles. The highest BCUT2D eigenvalue weighted by atomic mass is 16.5. The molecule has 3 atom stereocenters. The van der Waals surface area contributed by atoms with Crippen molar-refractivity contribution in [2.75, 3.05) is 0 Å². The zero-order valence-corrected chi connectivity index (χ0v) is 10.8. The lowest BCUT2D eigenvalue weighted by Gasteiger charge is -2.53. The van der Waals surface area contributed by atoms with E-state index in [1.54, 1.807) is 0 Å². The highest BCUT2D eigenvalue weighted by molar-refractivity contribution is 5.03. The second-order valence-corrected chi connectivity index (χ2v) is 5.27. The largest absolute Gasteiger partial charge is 0.392 e. The van der Waals surface area contributed by atoms with E-state index in [4.69, 9.17) is 4.74 Å². The van der Waals surface area contributed by atoms with Crippen molar-refractivity contribution < 1.29 is 9.84 Å². The molecule has 0 bridgehead atoms. The van der Waals surface area contributed by atoms with Gasteiger partial charge in [-0.25, -0.2) is 0 Å². The summed E-state index contributed by atoms with van der Waals surface area (Å²) in [6.45, 7) is 10.8. The van der Waals surface area contributed by atoms with Crippen LogP contribution in [0.1, 0.15) is 53.9 Å². The molecule has 0 spiro atoms. The Balaban J connectivity index is 2.57. The molecule has 3 unspecified atom stereocenters. The lowest BCUT2D eigenvalue weighted by atomic mass is 9.60. The van der Waals surface area contributed by atoms with Gasteiger partial charge in [-0.1, -0.05) is 27.7 Å². The van der Waals surface area contributed by atoms with E-state index in [0.29, 0.717) is 12.0 Å². The first kappa shape index (κ1) is 13.0. The highest BCUT2D eigenvalue weighted by Crippen LogP contribution is 2.49. The first-order valence-corrected chi connectivity index (χ1v) is 6.31. The van der Waals surface area contributed by atoms with Crippen molar-refractivity contribution in [1.82, 2.24) is 0 Å². The minimum absolute atomic E-state index is 0.0309. The van der Waals surface area contributed by atoms with E-state index in [1.807, 2.05) is 0 Å². The van der Waals surface area contributed by atoms with Crippen molar-refractivity contribution in [3.8, 4) is 0 Å². The lowest BCUT2D eigenvalue weighted by molar-refractivity contribution is -0.216. The van der Waals surface area contributed by atoms with Crippen LogP contribution in [0.3, 0.4) is 0 Å². The summed E-state index contributed by atoms with van der Waals surface area (Å²) in [5.41, 5.74) is 0.0309. The number of aliphatic hydroxyl groups excluding tert-OH is 1. The Morgan fingerprint density at radius 2 is 1.80 bits per heavy atom. The van der Waals surface area contributed by atoms with Crippen LogP contribution in [0.2, 0.25) is 0 Å². The van der Waals surface area contributed by atoms with Crippen molar-refractivity contribution in [3.05, 3.63) is 0 Å². The van der Waals surface area contributed by atoms with Gasteiger partial charge in [0.15, 0.2) is 0 Å². The minimum Gasteiger partial charge on any atom is -0.392 e. The van der Waals surface area contributed by atoms with Gasteiger partial charge in [-0.2, -0.15) is 0 Å².